The van der Waals surface area contributed by atoms with Crippen LogP contribution < -0.4 is 10.6 Å². The normalized spacial score (nSPS) is 29.3. The first-order chi connectivity index (χ1) is 13.9. The van der Waals surface area contributed by atoms with Gasteiger partial charge in [0.1, 0.15) is 6.54 Å². The van der Waals surface area contributed by atoms with E-state index < -0.39 is 18.5 Å². The Morgan fingerprint density at radius 1 is 1.10 bits per heavy atom. The van der Waals surface area contributed by atoms with Gasteiger partial charge in [-0.1, -0.05) is 11.6 Å². The molecule has 4 bridgehead atoms. The molecule has 2 amide bonds. The SMILES string of the molecule is O=C(CC12CC3CC(CC(C3)C1)C2)NCC(=O)OCC(=O)Nc1cccnc1Cl. The van der Waals surface area contributed by atoms with E-state index in [-0.39, 0.29) is 23.0 Å². The van der Waals surface area contributed by atoms with Crippen LogP contribution in [-0.2, 0) is 19.1 Å². The number of rotatable bonds is 7. The van der Waals surface area contributed by atoms with Gasteiger partial charge in [-0.25, -0.2) is 4.98 Å². The number of pyridine rings is 1. The molecule has 4 fully saturated rings. The van der Waals surface area contributed by atoms with E-state index in [1.165, 1.54) is 25.5 Å². The molecule has 0 aliphatic heterocycles. The van der Waals surface area contributed by atoms with Crippen LogP contribution in [-0.4, -0.2) is 35.9 Å². The number of hydrogen-bond acceptors (Lipinski definition) is 5. The number of nitrogens with one attached hydrogen (secondary N) is 2. The maximum Gasteiger partial charge on any atom is 0.325 e. The van der Waals surface area contributed by atoms with Gasteiger partial charge in [0.15, 0.2) is 11.8 Å². The zero-order valence-corrected chi connectivity index (χ0v) is 17.0. The van der Waals surface area contributed by atoms with Crippen molar-refractivity contribution in [3.8, 4) is 0 Å². The molecule has 0 aromatic carbocycles. The third-order valence-electron chi connectivity index (χ3n) is 6.53. The Morgan fingerprint density at radius 2 is 1.76 bits per heavy atom. The predicted octanol–water partition coefficient (Wildman–Crippen LogP) is 2.94. The van der Waals surface area contributed by atoms with Crippen LogP contribution in [0.25, 0.3) is 0 Å². The van der Waals surface area contributed by atoms with Gasteiger partial charge in [-0.2, -0.15) is 0 Å². The van der Waals surface area contributed by atoms with Crippen molar-refractivity contribution in [2.24, 2.45) is 23.2 Å². The Morgan fingerprint density at radius 3 is 2.38 bits per heavy atom. The molecule has 0 radical (unpaired) electrons. The minimum absolute atomic E-state index is 0.101. The molecule has 0 unspecified atom stereocenters. The molecule has 4 saturated carbocycles. The number of halogens is 1. The van der Waals surface area contributed by atoms with Crippen LogP contribution in [0.4, 0.5) is 5.69 Å². The van der Waals surface area contributed by atoms with Crippen molar-refractivity contribution < 1.29 is 19.1 Å². The van der Waals surface area contributed by atoms with Crippen molar-refractivity contribution >= 4 is 35.1 Å². The quantitative estimate of drug-likeness (QED) is 0.523. The summed E-state index contributed by atoms with van der Waals surface area (Å²) in [4.78, 5) is 40.0. The van der Waals surface area contributed by atoms with Crippen molar-refractivity contribution in [1.82, 2.24) is 10.3 Å². The van der Waals surface area contributed by atoms with E-state index in [2.05, 4.69) is 15.6 Å². The summed E-state index contributed by atoms with van der Waals surface area (Å²) in [6.07, 6.45) is 9.43. The highest BCUT2D eigenvalue weighted by molar-refractivity contribution is 6.32. The van der Waals surface area contributed by atoms with Crippen LogP contribution in [0.2, 0.25) is 5.15 Å². The number of anilines is 1. The van der Waals surface area contributed by atoms with E-state index in [0.29, 0.717) is 12.1 Å². The summed E-state index contributed by atoms with van der Waals surface area (Å²) in [5.41, 5.74) is 0.477. The molecule has 4 aliphatic rings. The van der Waals surface area contributed by atoms with E-state index in [4.69, 9.17) is 16.3 Å². The summed E-state index contributed by atoms with van der Waals surface area (Å²) in [5.74, 6) is 1.09. The topological polar surface area (TPSA) is 97.4 Å². The number of ether oxygens (including phenoxy) is 1. The van der Waals surface area contributed by atoms with Crippen LogP contribution in [0.5, 0.6) is 0 Å². The standard InChI is InChI=1S/C21H26ClN3O4/c22-20-16(2-1-3-23-20)25-18(27)12-29-19(28)11-24-17(26)10-21-7-13-4-14(8-21)6-15(5-13)9-21/h1-3,13-15H,4-12H2,(H,24,26)(H,25,27). The van der Waals surface area contributed by atoms with Crippen LogP contribution in [0.1, 0.15) is 44.9 Å². The third kappa shape index (κ3) is 4.89. The van der Waals surface area contributed by atoms with Gasteiger partial charge >= 0.3 is 5.97 Å². The second-order valence-electron chi connectivity index (χ2n) is 8.92. The van der Waals surface area contributed by atoms with Crippen molar-refractivity contribution in [2.45, 2.75) is 44.9 Å². The first-order valence-electron chi connectivity index (χ1n) is 10.2. The maximum absolute atomic E-state index is 12.4. The lowest BCUT2D eigenvalue weighted by Gasteiger charge is -2.56. The van der Waals surface area contributed by atoms with Crippen LogP contribution >= 0.6 is 11.6 Å². The summed E-state index contributed by atoms with van der Waals surface area (Å²) < 4.78 is 4.93. The highest BCUT2D eigenvalue weighted by Crippen LogP contribution is 2.61. The highest BCUT2D eigenvalue weighted by atomic mass is 35.5. The van der Waals surface area contributed by atoms with Gasteiger partial charge in [0, 0.05) is 12.6 Å². The second-order valence-corrected chi connectivity index (χ2v) is 9.28. The Labute approximate surface area is 174 Å². The summed E-state index contributed by atoms with van der Waals surface area (Å²) in [7, 11) is 0. The Bertz CT molecular complexity index is 778. The molecule has 1 aromatic heterocycles. The summed E-state index contributed by atoms with van der Waals surface area (Å²) >= 11 is 5.86. The molecule has 1 aromatic rings. The van der Waals surface area contributed by atoms with Gasteiger partial charge in [0.05, 0.1) is 5.69 Å². The zero-order valence-electron chi connectivity index (χ0n) is 16.3. The van der Waals surface area contributed by atoms with Crippen LogP contribution in [0, 0.1) is 23.2 Å². The molecule has 29 heavy (non-hydrogen) atoms. The minimum atomic E-state index is -0.642. The lowest BCUT2D eigenvalue weighted by molar-refractivity contribution is -0.147. The van der Waals surface area contributed by atoms with Crippen molar-refractivity contribution in [2.75, 3.05) is 18.5 Å². The number of nitrogens with zero attached hydrogens (tertiary/aromatic N) is 1. The Kier molecular flexibility index (Phi) is 5.76. The van der Waals surface area contributed by atoms with Gasteiger partial charge in [-0.3, -0.25) is 14.4 Å². The number of amides is 2. The van der Waals surface area contributed by atoms with Crippen molar-refractivity contribution in [3.05, 3.63) is 23.5 Å². The zero-order chi connectivity index (χ0) is 20.4. The molecule has 8 heteroatoms. The fourth-order valence-electron chi connectivity index (χ4n) is 5.94. The molecular formula is C21H26ClN3O4. The summed E-state index contributed by atoms with van der Waals surface area (Å²) in [6, 6.07) is 3.23. The molecule has 5 rings (SSSR count). The monoisotopic (exact) mass is 419 g/mol. The first kappa shape index (κ1) is 20.1. The molecule has 0 spiro atoms. The third-order valence-corrected chi connectivity index (χ3v) is 6.83. The van der Waals surface area contributed by atoms with E-state index in [1.54, 1.807) is 12.1 Å². The minimum Gasteiger partial charge on any atom is -0.454 e. The van der Waals surface area contributed by atoms with Crippen molar-refractivity contribution in [3.63, 3.8) is 0 Å². The van der Waals surface area contributed by atoms with E-state index in [0.717, 1.165) is 37.0 Å². The lowest BCUT2D eigenvalue weighted by atomic mass is 9.49. The van der Waals surface area contributed by atoms with Gasteiger partial charge in [-0.05, 0) is 73.8 Å². The first-order valence-corrected chi connectivity index (χ1v) is 10.6. The van der Waals surface area contributed by atoms with Gasteiger partial charge < -0.3 is 15.4 Å². The molecular weight excluding hydrogens is 394 g/mol. The van der Waals surface area contributed by atoms with Gasteiger partial charge in [0.2, 0.25) is 5.91 Å². The molecule has 1 heterocycles. The highest BCUT2D eigenvalue weighted by Gasteiger charge is 2.51. The van der Waals surface area contributed by atoms with Crippen molar-refractivity contribution in [1.29, 1.82) is 0 Å². The average molecular weight is 420 g/mol. The molecule has 0 atom stereocenters. The van der Waals surface area contributed by atoms with E-state index in [9.17, 15) is 14.4 Å². The predicted molar refractivity (Wildman–Crippen MR) is 107 cm³/mol. The maximum atomic E-state index is 12.4. The fraction of sp³-hybridized carbons (Fsp3) is 0.619. The number of carbonyl (C=O) groups is 3. The van der Waals surface area contributed by atoms with Crippen LogP contribution in [0.15, 0.2) is 18.3 Å². The Balaban J connectivity index is 1.17. The number of esters is 1. The van der Waals surface area contributed by atoms with E-state index >= 15 is 0 Å². The number of aromatic nitrogens is 1. The smallest absolute Gasteiger partial charge is 0.325 e. The largest absolute Gasteiger partial charge is 0.454 e. The van der Waals surface area contributed by atoms with Crippen LogP contribution in [0.3, 0.4) is 0 Å². The molecule has 0 saturated heterocycles. The number of carbonyl (C=O) groups excluding carboxylic acids is 3. The molecule has 4 aliphatic carbocycles. The van der Waals surface area contributed by atoms with Gasteiger partial charge in [-0.15, -0.1) is 0 Å². The molecule has 156 valence electrons. The molecule has 7 nitrogen and oxygen atoms in total. The van der Waals surface area contributed by atoms with Gasteiger partial charge in [0.25, 0.3) is 5.91 Å². The molecule has 2 N–H and O–H groups in total. The summed E-state index contributed by atoms with van der Waals surface area (Å²) in [6.45, 7) is -0.680. The lowest BCUT2D eigenvalue weighted by Crippen LogP contribution is -2.48. The fourth-order valence-corrected chi connectivity index (χ4v) is 6.11. The number of hydrogen-bond donors (Lipinski definition) is 2. The Hall–Kier alpha value is -2.15. The van der Waals surface area contributed by atoms with E-state index in [1.807, 2.05) is 0 Å². The summed E-state index contributed by atoms with van der Waals surface area (Å²) in [5, 5.41) is 5.34. The average Bonchev–Trinajstić information content (AvgIpc) is 2.65. The second kappa shape index (κ2) is 8.30.